The Labute approximate surface area is 183 Å². The predicted molar refractivity (Wildman–Crippen MR) is 119 cm³/mol. The molecule has 4 aromatic rings. The second kappa shape index (κ2) is 8.64. The molecule has 0 unspecified atom stereocenters. The maximum absolute atomic E-state index is 14.5. The summed E-state index contributed by atoms with van der Waals surface area (Å²) in [4.78, 5) is 14.4. The molecule has 1 fully saturated rings. The van der Waals surface area contributed by atoms with Gasteiger partial charge in [0.05, 0.1) is 18.9 Å². The van der Waals surface area contributed by atoms with E-state index in [1.807, 2.05) is 47.4 Å². The Bertz CT molecular complexity index is 1270. The molecular weight excluding hydrogens is 413 g/mol. The molecule has 0 spiro atoms. The van der Waals surface area contributed by atoms with Crippen LogP contribution in [0.1, 0.15) is 10.7 Å². The highest BCUT2D eigenvalue weighted by Gasteiger charge is 2.18. The molecule has 0 radical (unpaired) electrons. The minimum Gasteiger partial charge on any atom is -0.399 e. The summed E-state index contributed by atoms with van der Waals surface area (Å²) in [7, 11) is 0. The van der Waals surface area contributed by atoms with E-state index in [1.54, 1.807) is 12.1 Å². The third-order valence-electron chi connectivity index (χ3n) is 5.18. The summed E-state index contributed by atoms with van der Waals surface area (Å²) in [5.41, 5.74) is 1.53. The number of rotatable bonds is 5. The molecule has 0 aliphatic carbocycles. The quantitative estimate of drug-likeness (QED) is 0.487. The van der Waals surface area contributed by atoms with Crippen molar-refractivity contribution in [3.63, 3.8) is 0 Å². The molecule has 0 atom stereocenters. The highest BCUT2D eigenvalue weighted by molar-refractivity contribution is 6.01. The lowest BCUT2D eigenvalue weighted by atomic mass is 10.1. The molecule has 1 aromatic heterocycles. The average molecular weight is 433 g/mol. The van der Waals surface area contributed by atoms with Gasteiger partial charge in [-0.25, -0.2) is 4.39 Å². The summed E-state index contributed by atoms with van der Waals surface area (Å²) < 4.78 is 25.3. The van der Waals surface area contributed by atoms with Gasteiger partial charge in [-0.1, -0.05) is 35.4 Å². The number of hydrogen-bond donors (Lipinski definition) is 2. The lowest BCUT2D eigenvalue weighted by Gasteiger charge is -2.29. The normalized spacial score (nSPS) is 13.8. The molecule has 5 rings (SSSR count). The van der Waals surface area contributed by atoms with E-state index in [2.05, 4.69) is 20.8 Å². The molecule has 8 nitrogen and oxygen atoms in total. The highest BCUT2D eigenvalue weighted by atomic mass is 19.1. The van der Waals surface area contributed by atoms with E-state index in [1.165, 1.54) is 6.07 Å². The van der Waals surface area contributed by atoms with Crippen LogP contribution in [-0.2, 0) is 4.74 Å². The van der Waals surface area contributed by atoms with Gasteiger partial charge in [0.1, 0.15) is 5.82 Å². The Morgan fingerprint density at radius 1 is 0.938 bits per heavy atom. The maximum Gasteiger partial charge on any atom is 0.320 e. The molecule has 3 aromatic carbocycles. The van der Waals surface area contributed by atoms with Crippen LogP contribution in [0, 0.1) is 5.82 Å². The van der Waals surface area contributed by atoms with Gasteiger partial charge in [0.25, 0.3) is 0 Å². The summed E-state index contributed by atoms with van der Waals surface area (Å²) in [5.74, 6) is -1.28. The topological polar surface area (TPSA) is 92.5 Å². The van der Waals surface area contributed by atoms with E-state index >= 15 is 0 Å². The van der Waals surface area contributed by atoms with E-state index < -0.39 is 11.7 Å². The maximum atomic E-state index is 14.5. The number of hydrogen-bond acceptors (Lipinski definition) is 7. The predicted octanol–water partition coefficient (Wildman–Crippen LogP) is 4.19. The largest absolute Gasteiger partial charge is 0.399 e. The summed E-state index contributed by atoms with van der Waals surface area (Å²) in [5, 5.41) is 15.4. The third-order valence-corrected chi connectivity index (χ3v) is 5.18. The molecule has 1 aliphatic rings. The Hall–Kier alpha value is -3.98. The molecule has 1 amide bonds. The molecule has 1 saturated heterocycles. The molecule has 2 N–H and O–H groups in total. The Morgan fingerprint density at radius 3 is 2.53 bits per heavy atom. The first-order valence-corrected chi connectivity index (χ1v) is 10.2. The van der Waals surface area contributed by atoms with Gasteiger partial charge in [-0.2, -0.15) is 0 Å². The van der Waals surface area contributed by atoms with Crippen LogP contribution in [0.3, 0.4) is 0 Å². The van der Waals surface area contributed by atoms with Gasteiger partial charge in [0.15, 0.2) is 0 Å². The van der Waals surface area contributed by atoms with Crippen molar-refractivity contribution in [1.29, 1.82) is 0 Å². The van der Waals surface area contributed by atoms with Crippen LogP contribution >= 0.6 is 0 Å². The molecule has 2 heterocycles. The van der Waals surface area contributed by atoms with Gasteiger partial charge in [0, 0.05) is 24.5 Å². The summed E-state index contributed by atoms with van der Waals surface area (Å²) >= 11 is 0. The van der Waals surface area contributed by atoms with Crippen LogP contribution in [-0.4, -0.2) is 42.4 Å². The van der Waals surface area contributed by atoms with Crippen molar-refractivity contribution in [2.24, 2.45) is 0 Å². The van der Waals surface area contributed by atoms with Gasteiger partial charge in [-0.05, 0) is 41.1 Å². The number of aromatic nitrogens is 2. The van der Waals surface area contributed by atoms with E-state index in [0.29, 0.717) is 37.7 Å². The molecular formula is C23H20FN5O3. The number of carbonyl (C=O) groups is 1. The van der Waals surface area contributed by atoms with E-state index in [0.717, 1.165) is 16.5 Å². The molecule has 32 heavy (non-hydrogen) atoms. The second-order valence-corrected chi connectivity index (χ2v) is 7.32. The third kappa shape index (κ3) is 4.23. The first kappa shape index (κ1) is 20.0. The van der Waals surface area contributed by atoms with Crippen LogP contribution in [0.4, 0.5) is 27.5 Å². The Morgan fingerprint density at radius 2 is 1.72 bits per heavy atom. The number of fused-ring (bicyclic) bond motifs is 1. The number of anilines is 4. The van der Waals surface area contributed by atoms with Crippen molar-refractivity contribution in [1.82, 2.24) is 10.2 Å². The fraction of sp³-hybridized carbons (Fsp3) is 0.174. The van der Waals surface area contributed by atoms with E-state index in [9.17, 15) is 9.18 Å². The lowest BCUT2D eigenvalue weighted by Crippen LogP contribution is -2.36. The Kier molecular flexibility index (Phi) is 5.39. The molecule has 0 saturated carbocycles. The zero-order chi connectivity index (χ0) is 21.9. The molecule has 9 heteroatoms. The van der Waals surface area contributed by atoms with Gasteiger partial charge in [-0.15, -0.1) is 5.10 Å². The average Bonchev–Trinajstić information content (AvgIpc) is 3.28. The number of morpholine rings is 1. The monoisotopic (exact) mass is 433 g/mol. The zero-order valence-electron chi connectivity index (χ0n) is 17.0. The van der Waals surface area contributed by atoms with E-state index in [4.69, 9.17) is 9.15 Å². The number of amides is 1. The molecule has 0 bridgehead atoms. The number of nitrogens with zero attached hydrogens (tertiary/aromatic N) is 3. The van der Waals surface area contributed by atoms with Crippen LogP contribution in [0.2, 0.25) is 0 Å². The van der Waals surface area contributed by atoms with Crippen molar-refractivity contribution in [2.75, 3.05) is 41.8 Å². The fourth-order valence-electron chi connectivity index (χ4n) is 3.59. The summed E-state index contributed by atoms with van der Waals surface area (Å²) in [6, 6.07) is 18.4. The highest BCUT2D eigenvalue weighted by Crippen LogP contribution is 2.25. The second-order valence-electron chi connectivity index (χ2n) is 7.32. The van der Waals surface area contributed by atoms with Crippen molar-refractivity contribution < 1.29 is 18.3 Å². The smallest absolute Gasteiger partial charge is 0.320 e. The van der Waals surface area contributed by atoms with Gasteiger partial charge < -0.3 is 24.7 Å². The SMILES string of the molecule is O=C(Nc1ccc(N2CCOCC2)c(F)c1)c1nnc(Nc2ccc3ccccc3c2)o1. The number of halogens is 1. The van der Waals surface area contributed by atoms with Crippen LogP contribution in [0.5, 0.6) is 0 Å². The molecule has 1 aliphatic heterocycles. The summed E-state index contributed by atoms with van der Waals surface area (Å²) in [6.07, 6.45) is 0. The van der Waals surface area contributed by atoms with Crippen molar-refractivity contribution in [3.05, 3.63) is 72.4 Å². The van der Waals surface area contributed by atoms with Gasteiger partial charge >= 0.3 is 17.8 Å². The first-order chi connectivity index (χ1) is 15.7. The van der Waals surface area contributed by atoms with Crippen LogP contribution in [0.15, 0.2) is 65.1 Å². The number of ether oxygens (including phenoxy) is 1. The van der Waals surface area contributed by atoms with Crippen molar-refractivity contribution in [3.8, 4) is 0 Å². The minimum atomic E-state index is -0.623. The van der Waals surface area contributed by atoms with E-state index in [-0.39, 0.29) is 11.9 Å². The zero-order valence-corrected chi connectivity index (χ0v) is 17.0. The fourth-order valence-corrected chi connectivity index (χ4v) is 3.59. The lowest BCUT2D eigenvalue weighted by molar-refractivity contribution is 0.0991. The number of nitrogens with one attached hydrogen (secondary N) is 2. The van der Waals surface area contributed by atoms with Crippen LogP contribution < -0.4 is 15.5 Å². The van der Waals surface area contributed by atoms with Gasteiger partial charge in [0.2, 0.25) is 0 Å². The number of benzene rings is 3. The standard InChI is InChI=1S/C23H20FN5O3/c24-19-14-18(7-8-20(19)29-9-11-31-12-10-29)25-21(30)22-27-28-23(32-22)26-17-6-5-15-3-1-2-4-16(15)13-17/h1-8,13-14H,9-12H2,(H,25,30)(H,26,28). The van der Waals surface area contributed by atoms with Crippen LogP contribution in [0.25, 0.3) is 10.8 Å². The van der Waals surface area contributed by atoms with Crippen molar-refractivity contribution in [2.45, 2.75) is 0 Å². The van der Waals surface area contributed by atoms with Gasteiger partial charge in [-0.3, -0.25) is 4.79 Å². The number of carbonyl (C=O) groups excluding carboxylic acids is 1. The minimum absolute atomic E-state index is 0.0827. The summed E-state index contributed by atoms with van der Waals surface area (Å²) in [6.45, 7) is 2.37. The Balaban J connectivity index is 1.25. The van der Waals surface area contributed by atoms with Crippen molar-refractivity contribution >= 4 is 39.8 Å². The molecule has 162 valence electrons. The first-order valence-electron chi connectivity index (χ1n) is 10.2.